The number of nitrogens with zero attached hydrogens (tertiary/aromatic N) is 2. The quantitative estimate of drug-likeness (QED) is 0.179. The number of aliphatic hydroxyl groups excluding tert-OH is 1. The van der Waals surface area contributed by atoms with Crippen LogP contribution in [-0.2, 0) is 17.7 Å². The van der Waals surface area contributed by atoms with Gasteiger partial charge in [0.15, 0.2) is 5.76 Å². The van der Waals surface area contributed by atoms with Gasteiger partial charge in [-0.15, -0.1) is 0 Å². The molecular weight excluding hydrogens is 438 g/mol. The molecule has 1 aromatic carbocycles. The van der Waals surface area contributed by atoms with E-state index < -0.39 is 0 Å². The van der Waals surface area contributed by atoms with Gasteiger partial charge >= 0.3 is 0 Å². The summed E-state index contributed by atoms with van der Waals surface area (Å²) >= 11 is 6.74. The van der Waals surface area contributed by atoms with Gasteiger partial charge < -0.3 is 18.8 Å². The molecule has 0 unspecified atom stereocenters. The number of aryl methyl sites for hydroxylation is 1. The van der Waals surface area contributed by atoms with Crippen LogP contribution in [0.1, 0.15) is 42.1 Å². The first-order valence-corrected chi connectivity index (χ1v) is 11.4. The molecule has 33 heavy (non-hydrogen) atoms. The maximum Gasteiger partial charge on any atom is 0.155 e. The van der Waals surface area contributed by atoms with Crippen molar-refractivity contribution in [3.63, 3.8) is 0 Å². The first-order valence-electron chi connectivity index (χ1n) is 11.0. The highest BCUT2D eigenvalue weighted by atomic mass is 35.5. The molecule has 172 valence electrons. The predicted molar refractivity (Wildman–Crippen MR) is 135 cm³/mol. The molecule has 0 atom stereocenters. The number of nitrogens with one attached hydrogen (secondary N) is 1. The molecule has 2 N–H and O–H groups in total. The van der Waals surface area contributed by atoms with Crippen LogP contribution in [0.2, 0.25) is 5.15 Å². The zero-order chi connectivity index (χ0) is 23.4. The van der Waals surface area contributed by atoms with E-state index in [1.54, 1.807) is 6.21 Å². The molecule has 0 amide bonds. The van der Waals surface area contributed by atoms with E-state index in [2.05, 4.69) is 41.7 Å². The molecule has 0 bridgehead atoms. The molecule has 0 radical (unpaired) electrons. The van der Waals surface area contributed by atoms with E-state index in [1.807, 2.05) is 36.6 Å². The van der Waals surface area contributed by atoms with E-state index in [1.165, 1.54) is 5.57 Å². The highest BCUT2D eigenvalue weighted by Gasteiger charge is 2.16. The standard InChI is InChI=1S/C26H28ClN3O3/c1-4-32-12-11-30-23-9-6-18(3)13-20(23)21(26(30)27)15-28-29-22(16-31)25-14-19-8-5-17(2)7-10-24(19)33-25/h5-7,9-10,13-16,29,31H,4,8,11-12H2,1-3H3/b22-16?,28-15+. The number of hydrazone groups is 1. The van der Waals surface area contributed by atoms with Gasteiger partial charge in [-0.1, -0.05) is 41.0 Å². The van der Waals surface area contributed by atoms with Gasteiger partial charge in [-0.3, -0.25) is 5.43 Å². The number of hydrogen-bond donors (Lipinski definition) is 2. The fourth-order valence-corrected chi connectivity index (χ4v) is 4.17. The van der Waals surface area contributed by atoms with Gasteiger partial charge in [0.25, 0.3) is 0 Å². The Morgan fingerprint density at radius 3 is 2.94 bits per heavy atom. The molecule has 2 aromatic heterocycles. The average molecular weight is 466 g/mol. The summed E-state index contributed by atoms with van der Waals surface area (Å²) < 4.78 is 13.5. The number of hydrogen-bond acceptors (Lipinski definition) is 5. The Kier molecular flexibility index (Phi) is 7.06. The van der Waals surface area contributed by atoms with Crippen LogP contribution in [-0.4, -0.2) is 29.1 Å². The molecule has 0 saturated carbocycles. The van der Waals surface area contributed by atoms with Crippen molar-refractivity contribution in [2.24, 2.45) is 5.10 Å². The molecule has 3 aromatic rings. The van der Waals surface area contributed by atoms with E-state index in [9.17, 15) is 5.11 Å². The number of allylic oxidation sites excluding steroid dienone is 3. The Hall–Kier alpha value is -3.22. The number of halogens is 1. The molecule has 4 rings (SSSR count). The highest BCUT2D eigenvalue weighted by Crippen LogP contribution is 2.30. The number of benzene rings is 1. The highest BCUT2D eigenvalue weighted by molar-refractivity contribution is 6.34. The first kappa shape index (κ1) is 23.0. The van der Waals surface area contributed by atoms with Crippen molar-refractivity contribution in [3.05, 3.63) is 81.6 Å². The Morgan fingerprint density at radius 2 is 2.15 bits per heavy atom. The van der Waals surface area contributed by atoms with Gasteiger partial charge in [-0.25, -0.2) is 0 Å². The summed E-state index contributed by atoms with van der Waals surface area (Å²) in [6, 6.07) is 8.13. The predicted octanol–water partition coefficient (Wildman–Crippen LogP) is 6.23. The number of furan rings is 1. The summed E-state index contributed by atoms with van der Waals surface area (Å²) in [5.41, 5.74) is 8.46. The van der Waals surface area contributed by atoms with Crippen molar-refractivity contribution in [2.75, 3.05) is 13.2 Å². The fraction of sp³-hybridized carbons (Fsp3) is 0.269. The minimum atomic E-state index is 0.362. The third-order valence-electron chi connectivity index (χ3n) is 5.61. The molecule has 7 heteroatoms. The smallest absolute Gasteiger partial charge is 0.155 e. The second-order valence-corrected chi connectivity index (χ2v) is 8.33. The van der Waals surface area contributed by atoms with Crippen molar-refractivity contribution in [1.82, 2.24) is 9.99 Å². The Bertz CT molecular complexity index is 1280. The van der Waals surface area contributed by atoms with Crippen LogP contribution in [0, 0.1) is 6.92 Å². The minimum Gasteiger partial charge on any atom is -0.513 e. The van der Waals surface area contributed by atoms with Gasteiger partial charge in [-0.2, -0.15) is 5.10 Å². The van der Waals surface area contributed by atoms with Crippen LogP contribution in [0.5, 0.6) is 0 Å². The number of rotatable bonds is 8. The lowest BCUT2D eigenvalue weighted by molar-refractivity contribution is 0.140. The number of fused-ring (bicyclic) bond motifs is 2. The summed E-state index contributed by atoms with van der Waals surface area (Å²) in [5.74, 6) is 1.29. The molecule has 1 aliphatic rings. The van der Waals surface area contributed by atoms with Crippen molar-refractivity contribution in [2.45, 2.75) is 33.7 Å². The van der Waals surface area contributed by atoms with Crippen LogP contribution in [0.15, 0.2) is 57.8 Å². The third-order valence-corrected chi connectivity index (χ3v) is 6.02. The van der Waals surface area contributed by atoms with E-state index >= 15 is 0 Å². The van der Waals surface area contributed by atoms with Crippen molar-refractivity contribution >= 4 is 40.5 Å². The number of aliphatic hydroxyl groups is 1. The summed E-state index contributed by atoms with van der Waals surface area (Å²) in [5, 5.41) is 15.7. The summed E-state index contributed by atoms with van der Waals surface area (Å²) in [6.45, 7) is 7.95. The largest absolute Gasteiger partial charge is 0.513 e. The van der Waals surface area contributed by atoms with E-state index in [0.717, 1.165) is 46.0 Å². The summed E-state index contributed by atoms with van der Waals surface area (Å²) in [4.78, 5) is 0. The number of aromatic nitrogens is 1. The second kappa shape index (κ2) is 10.1. The van der Waals surface area contributed by atoms with Gasteiger partial charge in [0.05, 0.1) is 12.8 Å². The van der Waals surface area contributed by atoms with Gasteiger partial charge in [-0.05, 0) is 51.5 Å². The van der Waals surface area contributed by atoms with Crippen LogP contribution < -0.4 is 5.43 Å². The minimum absolute atomic E-state index is 0.362. The zero-order valence-corrected chi connectivity index (χ0v) is 19.8. The summed E-state index contributed by atoms with van der Waals surface area (Å²) in [7, 11) is 0. The topological polar surface area (TPSA) is 71.9 Å². The third kappa shape index (κ3) is 4.92. The Labute approximate surface area is 198 Å². The van der Waals surface area contributed by atoms with E-state index in [4.69, 9.17) is 20.8 Å². The first-order chi connectivity index (χ1) is 16.0. The van der Waals surface area contributed by atoms with Gasteiger partial charge in [0.1, 0.15) is 22.9 Å². The molecule has 6 nitrogen and oxygen atoms in total. The van der Waals surface area contributed by atoms with Crippen molar-refractivity contribution < 1.29 is 14.3 Å². The average Bonchev–Trinajstić information content (AvgIpc) is 3.26. The lowest BCUT2D eigenvalue weighted by Crippen LogP contribution is -2.06. The Balaban J connectivity index is 1.58. The molecule has 0 fully saturated rings. The fourth-order valence-electron chi connectivity index (χ4n) is 3.84. The second-order valence-electron chi connectivity index (χ2n) is 7.97. The molecule has 2 heterocycles. The van der Waals surface area contributed by atoms with Crippen LogP contribution in [0.3, 0.4) is 0 Å². The van der Waals surface area contributed by atoms with Crippen LogP contribution in [0.4, 0.5) is 0 Å². The van der Waals surface area contributed by atoms with E-state index in [0.29, 0.717) is 36.4 Å². The monoisotopic (exact) mass is 465 g/mol. The van der Waals surface area contributed by atoms with E-state index in [-0.39, 0.29) is 0 Å². The normalized spacial score (nSPS) is 14.1. The van der Waals surface area contributed by atoms with Crippen molar-refractivity contribution in [1.29, 1.82) is 0 Å². The Morgan fingerprint density at radius 1 is 1.30 bits per heavy atom. The zero-order valence-electron chi connectivity index (χ0n) is 19.1. The molecule has 0 spiro atoms. The molecule has 0 aliphatic heterocycles. The molecule has 1 aliphatic carbocycles. The van der Waals surface area contributed by atoms with Gasteiger partial charge in [0.2, 0.25) is 0 Å². The van der Waals surface area contributed by atoms with Crippen LogP contribution >= 0.6 is 11.6 Å². The lowest BCUT2D eigenvalue weighted by atomic mass is 10.1. The lowest BCUT2D eigenvalue weighted by Gasteiger charge is -2.07. The maximum atomic E-state index is 9.79. The molecule has 0 saturated heterocycles. The summed E-state index contributed by atoms with van der Waals surface area (Å²) in [6.07, 6.45) is 9.49. The van der Waals surface area contributed by atoms with Crippen molar-refractivity contribution in [3.8, 4) is 0 Å². The van der Waals surface area contributed by atoms with Crippen LogP contribution in [0.25, 0.3) is 22.7 Å². The SMILES string of the molecule is CCOCCn1c(Cl)c(/C=N/NC(=CO)c2cc3c(o2)C=CC(C)=CC3)c2cc(C)ccc21. The number of ether oxygens (including phenoxy) is 1. The maximum absolute atomic E-state index is 9.79. The van der Waals surface area contributed by atoms with Gasteiger partial charge in [0, 0.05) is 35.2 Å². The molecular formula is C26H28ClN3O3.